The highest BCUT2D eigenvalue weighted by Crippen LogP contribution is 2.09. The van der Waals surface area contributed by atoms with E-state index in [4.69, 9.17) is 0 Å². The molecule has 0 N–H and O–H groups in total. The van der Waals surface area contributed by atoms with Crippen molar-refractivity contribution < 1.29 is 0 Å². The van der Waals surface area contributed by atoms with E-state index in [1.165, 1.54) is 16.4 Å². The van der Waals surface area contributed by atoms with Crippen molar-refractivity contribution in [2.45, 2.75) is 13.8 Å². The number of allylic oxidation sites excluding steroid dienone is 3. The lowest BCUT2D eigenvalue weighted by Crippen LogP contribution is -1.97. The number of aryl methyl sites for hydroxylation is 1. The first-order valence-corrected chi connectivity index (χ1v) is 4.98. The van der Waals surface area contributed by atoms with Gasteiger partial charge in [-0.25, -0.2) is 0 Å². The van der Waals surface area contributed by atoms with Crippen LogP contribution in [0.5, 0.6) is 0 Å². The lowest BCUT2D eigenvalue weighted by Gasteiger charge is -2.02. The second-order valence-electron chi connectivity index (χ2n) is 2.96. The first-order chi connectivity index (χ1) is 6.25. The molecule has 1 heteroatoms. The second kappa shape index (κ2) is 4.99. The smallest absolute Gasteiger partial charge is 0.0156 e. The van der Waals surface area contributed by atoms with E-state index < -0.39 is 0 Å². The monoisotopic (exact) mass is 190 g/mol. The van der Waals surface area contributed by atoms with E-state index in [1.54, 1.807) is 0 Å². The van der Waals surface area contributed by atoms with Crippen molar-refractivity contribution >= 4 is 20.6 Å². The fourth-order valence-corrected chi connectivity index (χ4v) is 1.63. The van der Waals surface area contributed by atoms with E-state index in [0.717, 1.165) is 0 Å². The second-order valence-corrected chi connectivity index (χ2v) is 3.58. The molecule has 1 aromatic carbocycles. The molecule has 13 heavy (non-hydrogen) atoms. The fourth-order valence-electron chi connectivity index (χ4n) is 1.19. The maximum atomic E-state index is 2.76. The normalized spacial score (nSPS) is 11.6. The van der Waals surface area contributed by atoms with Crippen LogP contribution in [0, 0.1) is 6.92 Å². The number of benzene rings is 1. The summed E-state index contributed by atoms with van der Waals surface area (Å²) < 4.78 is 0. The topological polar surface area (TPSA) is 0 Å². The molecule has 0 amide bonds. The predicted molar refractivity (Wildman–Crippen MR) is 64.4 cm³/mol. The zero-order valence-electron chi connectivity index (χ0n) is 8.12. The Hall–Kier alpha value is -0.870. The Kier molecular flexibility index (Phi) is 3.92. The Morgan fingerprint density at radius 2 is 2.00 bits per heavy atom. The van der Waals surface area contributed by atoms with E-state index in [2.05, 4.69) is 46.5 Å². The van der Waals surface area contributed by atoms with Crippen LogP contribution in [-0.4, -0.2) is 0 Å². The Bertz CT molecular complexity index is 315. The predicted octanol–water partition coefficient (Wildman–Crippen LogP) is 3.08. The summed E-state index contributed by atoms with van der Waals surface area (Å²) in [6.07, 6.45) is 8.27. The van der Waals surface area contributed by atoms with E-state index in [-0.39, 0.29) is 0 Å². The van der Waals surface area contributed by atoms with Crippen LogP contribution in [0.3, 0.4) is 0 Å². The third-order valence-corrected chi connectivity index (χ3v) is 2.43. The van der Waals surface area contributed by atoms with Gasteiger partial charge in [0.05, 0.1) is 0 Å². The molecule has 0 radical (unpaired) electrons. The van der Waals surface area contributed by atoms with Crippen molar-refractivity contribution in [3.63, 3.8) is 0 Å². The van der Waals surface area contributed by atoms with Crippen LogP contribution in [0.25, 0.3) is 6.08 Å². The number of rotatable bonds is 2. The van der Waals surface area contributed by atoms with Gasteiger partial charge in [-0.1, -0.05) is 42.5 Å². The van der Waals surface area contributed by atoms with Gasteiger partial charge in [-0.15, -0.1) is 9.24 Å². The summed E-state index contributed by atoms with van der Waals surface area (Å²) in [4.78, 5) is 0. The Balaban J connectivity index is 2.99. The van der Waals surface area contributed by atoms with Gasteiger partial charge in [-0.3, -0.25) is 0 Å². The van der Waals surface area contributed by atoms with E-state index in [9.17, 15) is 0 Å². The molecule has 0 bridgehead atoms. The van der Waals surface area contributed by atoms with Crippen LogP contribution < -0.4 is 5.30 Å². The minimum Gasteiger partial charge on any atom is -0.105 e. The van der Waals surface area contributed by atoms with Crippen molar-refractivity contribution in [3.8, 4) is 0 Å². The quantitative estimate of drug-likeness (QED) is 0.496. The zero-order chi connectivity index (χ0) is 9.68. The van der Waals surface area contributed by atoms with Crippen molar-refractivity contribution in [1.29, 1.82) is 0 Å². The minimum absolute atomic E-state index is 1.25. The van der Waals surface area contributed by atoms with Gasteiger partial charge in [0.25, 0.3) is 0 Å². The Labute approximate surface area is 82.6 Å². The van der Waals surface area contributed by atoms with Crippen molar-refractivity contribution in [3.05, 3.63) is 47.6 Å². The third-order valence-electron chi connectivity index (χ3n) is 1.92. The van der Waals surface area contributed by atoms with Crippen LogP contribution in [0.15, 0.2) is 36.4 Å². The van der Waals surface area contributed by atoms with Crippen molar-refractivity contribution in [2.24, 2.45) is 0 Å². The standard InChI is InChI=1S/C12H15P/c1-3-4-5-8-11-10(2)7-6-9-12(11)13/h3-9H,13H2,1-2H3/b4-3-,8-5-. The van der Waals surface area contributed by atoms with Gasteiger partial charge in [0.1, 0.15) is 0 Å². The molecule has 1 rings (SSSR count). The molecule has 0 spiro atoms. The molecule has 0 aliphatic carbocycles. The van der Waals surface area contributed by atoms with E-state index in [0.29, 0.717) is 0 Å². The Morgan fingerprint density at radius 3 is 2.62 bits per heavy atom. The van der Waals surface area contributed by atoms with E-state index >= 15 is 0 Å². The van der Waals surface area contributed by atoms with Crippen LogP contribution >= 0.6 is 9.24 Å². The average Bonchev–Trinajstić information content (AvgIpc) is 2.10. The summed E-state index contributed by atoms with van der Waals surface area (Å²) in [6.45, 7) is 4.15. The van der Waals surface area contributed by atoms with E-state index in [1.807, 2.05) is 19.1 Å². The van der Waals surface area contributed by atoms with Gasteiger partial charge in [-0.2, -0.15) is 0 Å². The minimum atomic E-state index is 1.25. The van der Waals surface area contributed by atoms with Gasteiger partial charge < -0.3 is 0 Å². The highest BCUT2D eigenvalue weighted by Gasteiger charge is 1.95. The molecular weight excluding hydrogens is 175 g/mol. The third kappa shape index (κ3) is 2.82. The summed E-state index contributed by atoms with van der Waals surface area (Å²) in [6, 6.07) is 6.31. The summed E-state index contributed by atoms with van der Waals surface area (Å²) in [5.41, 5.74) is 2.61. The van der Waals surface area contributed by atoms with Crippen LogP contribution in [-0.2, 0) is 0 Å². The lowest BCUT2D eigenvalue weighted by atomic mass is 10.1. The molecule has 0 nitrogen and oxygen atoms in total. The van der Waals surface area contributed by atoms with Crippen LogP contribution in [0.2, 0.25) is 0 Å². The first-order valence-electron chi connectivity index (χ1n) is 4.40. The zero-order valence-corrected chi connectivity index (χ0v) is 9.27. The first kappa shape index (κ1) is 10.2. The number of hydrogen-bond acceptors (Lipinski definition) is 0. The van der Waals surface area contributed by atoms with Crippen LogP contribution in [0.4, 0.5) is 0 Å². The molecule has 0 aliphatic heterocycles. The summed E-state index contributed by atoms with van der Waals surface area (Å²) >= 11 is 0. The molecule has 0 saturated carbocycles. The molecule has 0 fully saturated rings. The molecule has 0 aliphatic rings. The largest absolute Gasteiger partial charge is 0.105 e. The maximum Gasteiger partial charge on any atom is -0.0156 e. The highest BCUT2D eigenvalue weighted by molar-refractivity contribution is 7.27. The fraction of sp³-hybridized carbons (Fsp3) is 0.167. The van der Waals surface area contributed by atoms with Gasteiger partial charge in [0, 0.05) is 0 Å². The molecule has 0 heterocycles. The molecule has 0 saturated heterocycles. The molecule has 0 aromatic heterocycles. The number of hydrogen-bond donors (Lipinski definition) is 0. The molecule has 1 unspecified atom stereocenters. The maximum absolute atomic E-state index is 2.76. The van der Waals surface area contributed by atoms with Crippen LogP contribution in [0.1, 0.15) is 18.1 Å². The summed E-state index contributed by atoms with van der Waals surface area (Å²) in [7, 11) is 2.76. The average molecular weight is 190 g/mol. The lowest BCUT2D eigenvalue weighted by molar-refractivity contribution is 1.47. The van der Waals surface area contributed by atoms with Gasteiger partial charge in [0.2, 0.25) is 0 Å². The van der Waals surface area contributed by atoms with Crippen molar-refractivity contribution in [1.82, 2.24) is 0 Å². The molecular formula is C12H15P. The summed E-state index contributed by atoms with van der Waals surface area (Å²) in [5.74, 6) is 0. The van der Waals surface area contributed by atoms with Crippen molar-refractivity contribution in [2.75, 3.05) is 0 Å². The molecule has 68 valence electrons. The SMILES string of the molecule is C/C=C\C=C/c1c(C)cccc1P. The molecule has 1 aromatic rings. The highest BCUT2D eigenvalue weighted by atomic mass is 31.0. The molecule has 1 atom stereocenters. The van der Waals surface area contributed by atoms with Gasteiger partial charge in [0.15, 0.2) is 0 Å². The van der Waals surface area contributed by atoms with Gasteiger partial charge >= 0.3 is 0 Å². The van der Waals surface area contributed by atoms with Gasteiger partial charge in [-0.05, 0) is 30.3 Å². The Morgan fingerprint density at radius 1 is 1.23 bits per heavy atom. The summed E-state index contributed by atoms with van der Waals surface area (Å²) in [5, 5.41) is 1.25.